The van der Waals surface area contributed by atoms with E-state index in [1.807, 2.05) is 19.1 Å². The van der Waals surface area contributed by atoms with Gasteiger partial charge in [0.15, 0.2) is 0 Å². The number of rotatable bonds is 6. The van der Waals surface area contributed by atoms with Crippen LogP contribution in [0.4, 0.5) is 5.69 Å². The molecule has 1 unspecified atom stereocenters. The Bertz CT molecular complexity index is 507. The van der Waals surface area contributed by atoms with E-state index in [0.717, 1.165) is 12.0 Å². The first-order chi connectivity index (χ1) is 10.2. The van der Waals surface area contributed by atoms with Crippen molar-refractivity contribution in [2.24, 2.45) is 5.92 Å². The van der Waals surface area contributed by atoms with Gasteiger partial charge in [-0.15, -0.1) is 0 Å². The summed E-state index contributed by atoms with van der Waals surface area (Å²) in [5.41, 5.74) is 0.630. The molecule has 0 radical (unpaired) electrons. The molecule has 1 rings (SSSR count). The first kappa shape index (κ1) is 18.2. The number of aliphatic hydroxyl groups is 1. The second-order valence-corrected chi connectivity index (χ2v) is 6.43. The topological polar surface area (TPSA) is 78.4 Å². The quantitative estimate of drug-likeness (QED) is 0.705. The number of hydrogen-bond acceptors (Lipinski definition) is 3. The fourth-order valence-corrected chi connectivity index (χ4v) is 1.86. The van der Waals surface area contributed by atoms with E-state index < -0.39 is 17.4 Å². The van der Waals surface area contributed by atoms with Crippen LogP contribution in [0.3, 0.4) is 0 Å². The van der Waals surface area contributed by atoms with Crippen LogP contribution in [-0.4, -0.2) is 29.1 Å². The molecule has 2 amide bonds. The number of amides is 2. The van der Waals surface area contributed by atoms with Crippen molar-refractivity contribution in [3.05, 3.63) is 29.8 Å². The van der Waals surface area contributed by atoms with Crippen molar-refractivity contribution in [2.45, 2.75) is 46.1 Å². The fourth-order valence-electron chi connectivity index (χ4n) is 1.86. The highest BCUT2D eigenvalue weighted by atomic mass is 16.3. The average Bonchev–Trinajstić information content (AvgIpc) is 2.45. The van der Waals surface area contributed by atoms with Gasteiger partial charge in [0.05, 0.1) is 5.60 Å². The summed E-state index contributed by atoms with van der Waals surface area (Å²) in [4.78, 5) is 23.5. The van der Waals surface area contributed by atoms with Crippen LogP contribution < -0.4 is 10.6 Å². The summed E-state index contributed by atoms with van der Waals surface area (Å²) in [5, 5.41) is 15.2. The zero-order chi connectivity index (χ0) is 16.8. The van der Waals surface area contributed by atoms with E-state index in [2.05, 4.69) is 24.5 Å². The Morgan fingerprint density at radius 2 is 1.77 bits per heavy atom. The van der Waals surface area contributed by atoms with E-state index >= 15 is 0 Å². The lowest BCUT2D eigenvalue weighted by molar-refractivity contribution is -0.136. The fraction of sp³-hybridized carbons (Fsp3) is 0.529. The molecular formula is C17H26N2O3. The number of anilines is 1. The lowest BCUT2D eigenvalue weighted by Gasteiger charge is -2.24. The van der Waals surface area contributed by atoms with Crippen molar-refractivity contribution in [1.82, 2.24) is 5.32 Å². The van der Waals surface area contributed by atoms with Gasteiger partial charge >= 0.3 is 11.8 Å². The monoisotopic (exact) mass is 306 g/mol. The van der Waals surface area contributed by atoms with E-state index in [-0.39, 0.29) is 6.54 Å². The predicted octanol–water partition coefficient (Wildman–Crippen LogP) is 2.24. The third-order valence-corrected chi connectivity index (χ3v) is 3.41. The Morgan fingerprint density at radius 3 is 2.32 bits per heavy atom. The molecule has 0 heterocycles. The molecule has 1 aromatic rings. The average molecular weight is 306 g/mol. The van der Waals surface area contributed by atoms with Crippen molar-refractivity contribution < 1.29 is 14.7 Å². The second-order valence-electron chi connectivity index (χ2n) is 6.43. The van der Waals surface area contributed by atoms with Crippen LogP contribution in [0.2, 0.25) is 0 Å². The summed E-state index contributed by atoms with van der Waals surface area (Å²) in [6.45, 7) is 7.80. The van der Waals surface area contributed by atoms with E-state index in [4.69, 9.17) is 0 Å². The molecule has 0 bridgehead atoms. The maximum absolute atomic E-state index is 11.8. The molecule has 1 aromatic carbocycles. The SMILES string of the molecule is Cc1ccc(NC(=O)C(=O)NCC(C)(O)CCC(C)C)cc1. The second kappa shape index (κ2) is 7.94. The molecule has 0 aliphatic rings. The molecule has 0 spiro atoms. The van der Waals surface area contributed by atoms with Gasteiger partial charge < -0.3 is 15.7 Å². The van der Waals surface area contributed by atoms with Gasteiger partial charge in [0.25, 0.3) is 0 Å². The van der Waals surface area contributed by atoms with Gasteiger partial charge in [-0.3, -0.25) is 9.59 Å². The Kier molecular flexibility index (Phi) is 6.56. The molecule has 5 nitrogen and oxygen atoms in total. The summed E-state index contributed by atoms with van der Waals surface area (Å²) in [5.74, 6) is -0.999. The van der Waals surface area contributed by atoms with Gasteiger partial charge in [0, 0.05) is 12.2 Å². The number of benzene rings is 1. The van der Waals surface area contributed by atoms with Crippen LogP contribution in [-0.2, 0) is 9.59 Å². The van der Waals surface area contributed by atoms with Gasteiger partial charge in [-0.05, 0) is 44.7 Å². The Balaban J connectivity index is 2.44. The number of carbonyl (C=O) groups is 2. The van der Waals surface area contributed by atoms with Crippen LogP contribution in [0, 0.1) is 12.8 Å². The van der Waals surface area contributed by atoms with Gasteiger partial charge in [-0.25, -0.2) is 0 Å². The number of nitrogens with one attached hydrogen (secondary N) is 2. The molecule has 0 aliphatic carbocycles. The van der Waals surface area contributed by atoms with Gasteiger partial charge in [0.2, 0.25) is 0 Å². The van der Waals surface area contributed by atoms with Gasteiger partial charge in [-0.1, -0.05) is 31.5 Å². The van der Waals surface area contributed by atoms with Crippen molar-refractivity contribution in [3.63, 3.8) is 0 Å². The van der Waals surface area contributed by atoms with Crippen molar-refractivity contribution in [1.29, 1.82) is 0 Å². The van der Waals surface area contributed by atoms with Crippen LogP contribution in [0.5, 0.6) is 0 Å². The zero-order valence-electron chi connectivity index (χ0n) is 13.8. The molecule has 0 fully saturated rings. The first-order valence-corrected chi connectivity index (χ1v) is 7.58. The molecule has 0 aromatic heterocycles. The third-order valence-electron chi connectivity index (χ3n) is 3.41. The first-order valence-electron chi connectivity index (χ1n) is 7.58. The number of carbonyl (C=O) groups excluding carboxylic acids is 2. The highest BCUT2D eigenvalue weighted by Gasteiger charge is 2.23. The Hall–Kier alpha value is -1.88. The normalized spacial score (nSPS) is 13.5. The molecule has 122 valence electrons. The van der Waals surface area contributed by atoms with Gasteiger partial charge in [0.1, 0.15) is 0 Å². The molecule has 5 heteroatoms. The molecule has 22 heavy (non-hydrogen) atoms. The van der Waals surface area contributed by atoms with Crippen molar-refractivity contribution in [3.8, 4) is 0 Å². The van der Waals surface area contributed by atoms with Crippen LogP contribution in [0.1, 0.15) is 39.2 Å². The minimum absolute atomic E-state index is 0.0554. The maximum atomic E-state index is 11.8. The van der Waals surface area contributed by atoms with E-state index in [1.165, 1.54) is 0 Å². The van der Waals surface area contributed by atoms with Crippen molar-refractivity contribution in [2.75, 3.05) is 11.9 Å². The lowest BCUT2D eigenvalue weighted by Crippen LogP contribution is -2.44. The van der Waals surface area contributed by atoms with Crippen LogP contribution in [0.15, 0.2) is 24.3 Å². The van der Waals surface area contributed by atoms with E-state index in [1.54, 1.807) is 19.1 Å². The standard InChI is InChI=1S/C17H26N2O3/c1-12(2)9-10-17(4,22)11-18-15(20)16(21)19-14-7-5-13(3)6-8-14/h5-8,12,22H,9-11H2,1-4H3,(H,18,20)(H,19,21). The molecular weight excluding hydrogens is 280 g/mol. The lowest BCUT2D eigenvalue weighted by atomic mass is 9.95. The van der Waals surface area contributed by atoms with Crippen LogP contribution in [0.25, 0.3) is 0 Å². The molecule has 0 saturated heterocycles. The molecule has 3 N–H and O–H groups in total. The van der Waals surface area contributed by atoms with E-state index in [9.17, 15) is 14.7 Å². The minimum atomic E-state index is -1.01. The summed E-state index contributed by atoms with van der Waals surface area (Å²) in [7, 11) is 0. The largest absolute Gasteiger partial charge is 0.388 e. The summed E-state index contributed by atoms with van der Waals surface area (Å²) >= 11 is 0. The third kappa shape index (κ3) is 6.72. The summed E-state index contributed by atoms with van der Waals surface area (Å²) < 4.78 is 0. The highest BCUT2D eigenvalue weighted by Crippen LogP contribution is 2.15. The summed E-state index contributed by atoms with van der Waals surface area (Å²) in [6.07, 6.45) is 1.43. The van der Waals surface area contributed by atoms with Gasteiger partial charge in [-0.2, -0.15) is 0 Å². The number of aryl methyl sites for hydroxylation is 1. The number of hydrogen-bond donors (Lipinski definition) is 3. The maximum Gasteiger partial charge on any atom is 0.313 e. The minimum Gasteiger partial charge on any atom is -0.388 e. The zero-order valence-corrected chi connectivity index (χ0v) is 13.8. The predicted molar refractivity (Wildman–Crippen MR) is 87.5 cm³/mol. The van der Waals surface area contributed by atoms with Crippen LogP contribution >= 0.6 is 0 Å². The Labute approximate surface area is 132 Å². The smallest absolute Gasteiger partial charge is 0.313 e. The Morgan fingerprint density at radius 1 is 1.18 bits per heavy atom. The van der Waals surface area contributed by atoms with E-state index in [0.29, 0.717) is 18.0 Å². The molecule has 1 atom stereocenters. The highest BCUT2D eigenvalue weighted by molar-refractivity contribution is 6.39. The summed E-state index contributed by atoms with van der Waals surface area (Å²) in [6, 6.07) is 7.17. The van der Waals surface area contributed by atoms with Crippen molar-refractivity contribution >= 4 is 17.5 Å². The molecule has 0 saturated carbocycles. The molecule has 0 aliphatic heterocycles.